The van der Waals surface area contributed by atoms with Gasteiger partial charge in [-0.2, -0.15) is 0 Å². The van der Waals surface area contributed by atoms with Crippen molar-refractivity contribution < 1.29 is 19.1 Å². The standard InChI is InChI=1S/C28H23ClN2O4/c1-17-5-14-24-25(15-17)28(34)31(27(24)33)21-4-2-3-18(16-21)26(32)30-20-8-12-23(13-9-20)35-22-10-6-19(29)7-11-22/h2-13,16,24-25H,14-15H2,1H3,(H,30,32)/t24-,25+/m1/s1. The van der Waals surface area contributed by atoms with E-state index in [0.29, 0.717) is 46.3 Å². The van der Waals surface area contributed by atoms with Gasteiger partial charge >= 0.3 is 0 Å². The largest absolute Gasteiger partial charge is 0.457 e. The lowest BCUT2D eigenvalue weighted by molar-refractivity contribution is -0.122. The van der Waals surface area contributed by atoms with E-state index in [2.05, 4.69) is 5.32 Å². The molecule has 1 N–H and O–H groups in total. The molecule has 7 heteroatoms. The van der Waals surface area contributed by atoms with Crippen LogP contribution in [0.1, 0.15) is 30.1 Å². The van der Waals surface area contributed by atoms with E-state index in [9.17, 15) is 14.4 Å². The van der Waals surface area contributed by atoms with Gasteiger partial charge in [0.05, 0.1) is 17.5 Å². The Hall–Kier alpha value is -3.90. The first kappa shape index (κ1) is 22.9. The van der Waals surface area contributed by atoms with Gasteiger partial charge in [0.1, 0.15) is 11.5 Å². The Balaban J connectivity index is 1.27. The van der Waals surface area contributed by atoms with Gasteiger partial charge in [-0.15, -0.1) is 0 Å². The number of hydrogen-bond donors (Lipinski definition) is 1. The Morgan fingerprint density at radius 2 is 1.60 bits per heavy atom. The van der Waals surface area contributed by atoms with E-state index in [1.165, 1.54) is 4.90 Å². The topological polar surface area (TPSA) is 75.7 Å². The molecule has 1 fully saturated rings. The van der Waals surface area contributed by atoms with E-state index >= 15 is 0 Å². The Kier molecular flexibility index (Phi) is 6.14. The summed E-state index contributed by atoms with van der Waals surface area (Å²) in [6.07, 6.45) is 3.21. The van der Waals surface area contributed by atoms with E-state index in [1.807, 2.05) is 13.0 Å². The molecule has 3 aromatic carbocycles. The van der Waals surface area contributed by atoms with Crippen molar-refractivity contribution in [2.24, 2.45) is 11.8 Å². The lowest BCUT2D eigenvalue weighted by Crippen LogP contribution is -2.31. The molecule has 0 saturated carbocycles. The normalized spacial score (nSPS) is 19.3. The number of anilines is 2. The fourth-order valence-electron chi connectivity index (χ4n) is 4.53. The van der Waals surface area contributed by atoms with Crippen molar-refractivity contribution in [3.05, 3.63) is 95.0 Å². The molecule has 1 aliphatic heterocycles. The molecule has 5 rings (SSSR count). The van der Waals surface area contributed by atoms with Crippen molar-refractivity contribution in [2.45, 2.75) is 19.8 Å². The smallest absolute Gasteiger partial charge is 0.255 e. The number of nitrogens with zero attached hydrogens (tertiary/aromatic N) is 1. The lowest BCUT2D eigenvalue weighted by Gasteiger charge is -2.18. The summed E-state index contributed by atoms with van der Waals surface area (Å²) in [6.45, 7) is 1.98. The molecule has 2 atom stereocenters. The van der Waals surface area contributed by atoms with Crippen molar-refractivity contribution in [2.75, 3.05) is 10.2 Å². The van der Waals surface area contributed by atoms with Crippen LogP contribution in [0.2, 0.25) is 5.02 Å². The molecule has 1 aliphatic carbocycles. The van der Waals surface area contributed by atoms with Crippen LogP contribution in [0.5, 0.6) is 11.5 Å². The van der Waals surface area contributed by atoms with Crippen LogP contribution in [-0.2, 0) is 9.59 Å². The van der Waals surface area contributed by atoms with Crippen molar-refractivity contribution in [1.29, 1.82) is 0 Å². The molecule has 1 heterocycles. The number of hydrogen-bond acceptors (Lipinski definition) is 4. The van der Waals surface area contributed by atoms with E-state index in [0.717, 1.165) is 5.57 Å². The van der Waals surface area contributed by atoms with Gasteiger partial charge in [0, 0.05) is 16.3 Å². The summed E-state index contributed by atoms with van der Waals surface area (Å²) >= 11 is 5.90. The maximum Gasteiger partial charge on any atom is 0.255 e. The van der Waals surface area contributed by atoms with Crippen LogP contribution in [0, 0.1) is 11.8 Å². The summed E-state index contributed by atoms with van der Waals surface area (Å²) in [7, 11) is 0. The fourth-order valence-corrected chi connectivity index (χ4v) is 4.65. The monoisotopic (exact) mass is 486 g/mol. The average Bonchev–Trinajstić information content (AvgIpc) is 3.11. The number of amides is 3. The quantitative estimate of drug-likeness (QED) is 0.342. The molecular formula is C28H23ClN2O4. The number of ether oxygens (including phenoxy) is 1. The van der Waals surface area contributed by atoms with Crippen LogP contribution in [0.4, 0.5) is 11.4 Å². The van der Waals surface area contributed by atoms with Crippen LogP contribution in [-0.4, -0.2) is 17.7 Å². The maximum absolute atomic E-state index is 13.0. The predicted molar refractivity (Wildman–Crippen MR) is 135 cm³/mol. The Labute approximate surface area is 208 Å². The average molecular weight is 487 g/mol. The number of nitrogens with one attached hydrogen (secondary N) is 1. The lowest BCUT2D eigenvalue weighted by atomic mass is 9.82. The first-order valence-corrected chi connectivity index (χ1v) is 11.8. The molecular weight excluding hydrogens is 464 g/mol. The summed E-state index contributed by atoms with van der Waals surface area (Å²) in [6, 6.07) is 20.6. The van der Waals surface area contributed by atoms with Crippen molar-refractivity contribution in [1.82, 2.24) is 0 Å². The fraction of sp³-hybridized carbons (Fsp3) is 0.179. The van der Waals surface area contributed by atoms with Crippen molar-refractivity contribution in [3.63, 3.8) is 0 Å². The van der Waals surface area contributed by atoms with Gasteiger partial charge in [-0.3, -0.25) is 19.3 Å². The summed E-state index contributed by atoms with van der Waals surface area (Å²) in [5.41, 5.74) is 2.50. The third-order valence-electron chi connectivity index (χ3n) is 6.35. The number of carbonyl (C=O) groups excluding carboxylic acids is 3. The van der Waals surface area contributed by atoms with Gasteiger partial charge in [-0.25, -0.2) is 0 Å². The van der Waals surface area contributed by atoms with Gasteiger partial charge < -0.3 is 10.1 Å². The van der Waals surface area contributed by atoms with Crippen LogP contribution in [0.15, 0.2) is 84.4 Å². The zero-order valence-corrected chi connectivity index (χ0v) is 19.8. The van der Waals surface area contributed by atoms with Crippen molar-refractivity contribution >= 4 is 40.7 Å². The highest BCUT2D eigenvalue weighted by molar-refractivity contribution is 6.30. The number of halogens is 1. The molecule has 35 heavy (non-hydrogen) atoms. The van der Waals surface area contributed by atoms with Gasteiger partial charge in [0.15, 0.2) is 0 Å². The molecule has 0 bridgehead atoms. The SMILES string of the molecule is CC1=CC[C@H]2C(=O)N(c3cccc(C(=O)Nc4ccc(Oc5ccc(Cl)cc5)cc4)c3)C(=O)[C@H]2C1. The third-order valence-corrected chi connectivity index (χ3v) is 6.60. The summed E-state index contributed by atoms with van der Waals surface area (Å²) in [5.74, 6) is -0.105. The number of carbonyl (C=O) groups is 3. The number of allylic oxidation sites excluding steroid dienone is 2. The van der Waals surface area contributed by atoms with E-state index in [-0.39, 0.29) is 29.6 Å². The molecule has 3 amide bonds. The predicted octanol–water partition coefficient (Wildman–Crippen LogP) is 6.23. The molecule has 6 nitrogen and oxygen atoms in total. The zero-order valence-electron chi connectivity index (χ0n) is 19.0. The Bertz CT molecular complexity index is 1330. The van der Waals surface area contributed by atoms with Crippen LogP contribution in [0.3, 0.4) is 0 Å². The highest BCUT2D eigenvalue weighted by Gasteiger charge is 2.48. The summed E-state index contributed by atoms with van der Waals surface area (Å²) in [5, 5.41) is 3.47. The second-order valence-corrected chi connectivity index (χ2v) is 9.24. The first-order valence-electron chi connectivity index (χ1n) is 11.4. The Morgan fingerprint density at radius 3 is 2.31 bits per heavy atom. The molecule has 0 unspecified atom stereocenters. The second-order valence-electron chi connectivity index (χ2n) is 8.80. The minimum absolute atomic E-state index is 0.193. The van der Waals surface area contributed by atoms with Crippen LogP contribution >= 0.6 is 11.6 Å². The number of imide groups is 1. The van der Waals surface area contributed by atoms with Crippen LogP contribution < -0.4 is 15.0 Å². The molecule has 0 spiro atoms. The Morgan fingerprint density at radius 1 is 0.943 bits per heavy atom. The van der Waals surface area contributed by atoms with Crippen molar-refractivity contribution in [3.8, 4) is 11.5 Å². The van der Waals surface area contributed by atoms with Gasteiger partial charge in [0.25, 0.3) is 5.91 Å². The third kappa shape index (κ3) is 4.70. The molecule has 0 aromatic heterocycles. The van der Waals surface area contributed by atoms with Gasteiger partial charge in [-0.1, -0.05) is 29.3 Å². The highest BCUT2D eigenvalue weighted by atomic mass is 35.5. The first-order chi connectivity index (χ1) is 16.9. The molecule has 2 aliphatic rings. The number of rotatable bonds is 5. The van der Waals surface area contributed by atoms with E-state index in [1.54, 1.807) is 72.8 Å². The maximum atomic E-state index is 13.0. The molecule has 176 valence electrons. The zero-order chi connectivity index (χ0) is 24.5. The molecule has 3 aromatic rings. The summed E-state index contributed by atoms with van der Waals surface area (Å²) in [4.78, 5) is 40.1. The van der Waals surface area contributed by atoms with E-state index < -0.39 is 0 Å². The van der Waals surface area contributed by atoms with Crippen LogP contribution in [0.25, 0.3) is 0 Å². The van der Waals surface area contributed by atoms with Gasteiger partial charge in [0.2, 0.25) is 11.8 Å². The minimum atomic E-state index is -0.341. The highest BCUT2D eigenvalue weighted by Crippen LogP contribution is 2.39. The number of fused-ring (bicyclic) bond motifs is 1. The summed E-state index contributed by atoms with van der Waals surface area (Å²) < 4.78 is 5.77. The molecule has 0 radical (unpaired) electrons. The molecule has 1 saturated heterocycles. The number of benzene rings is 3. The minimum Gasteiger partial charge on any atom is -0.457 e. The van der Waals surface area contributed by atoms with E-state index in [4.69, 9.17) is 16.3 Å². The second kappa shape index (κ2) is 9.39. The van der Waals surface area contributed by atoms with Gasteiger partial charge in [-0.05, 0) is 86.5 Å².